The zero-order valence-electron chi connectivity index (χ0n) is 11.9. The Morgan fingerprint density at radius 3 is 2.95 bits per heavy atom. The maximum Gasteiger partial charge on any atom is 0.247 e. The normalized spacial score (nSPS) is 11.2. The molecule has 0 atom stereocenters. The molecule has 108 valence electrons. The average molecular weight is 303 g/mol. The number of hydrogen-bond donors (Lipinski definition) is 0. The number of aromatic nitrogens is 2. The Labute approximate surface area is 127 Å². The van der Waals surface area contributed by atoms with Crippen molar-refractivity contribution >= 4 is 28.4 Å². The van der Waals surface area contributed by atoms with Crippen LogP contribution in [-0.4, -0.2) is 15.6 Å². The number of nitrogens with zero attached hydrogens (tertiary/aromatic N) is 2. The Bertz CT molecular complexity index is 817. The molecule has 0 saturated carbocycles. The van der Waals surface area contributed by atoms with Gasteiger partial charge in [-0.1, -0.05) is 30.2 Å². The summed E-state index contributed by atoms with van der Waals surface area (Å²) in [5.74, 6) is 0.0511. The van der Waals surface area contributed by atoms with Crippen molar-refractivity contribution in [3.05, 3.63) is 52.5 Å². The molecule has 2 heterocycles. The van der Waals surface area contributed by atoms with E-state index in [1.165, 1.54) is 6.20 Å². The van der Waals surface area contributed by atoms with Crippen molar-refractivity contribution < 1.29 is 9.21 Å². The van der Waals surface area contributed by atoms with E-state index in [1.807, 2.05) is 32.0 Å². The monoisotopic (exact) mass is 302 g/mol. The molecule has 0 aliphatic rings. The maximum absolute atomic E-state index is 12.6. The minimum absolute atomic E-state index is 0.236. The molecule has 3 rings (SSSR count). The molecule has 0 aliphatic heterocycles. The lowest BCUT2D eigenvalue weighted by atomic mass is 10.1. The number of benzene rings is 1. The summed E-state index contributed by atoms with van der Waals surface area (Å²) in [5.41, 5.74) is 2.20. The van der Waals surface area contributed by atoms with Crippen LogP contribution >= 0.6 is 11.6 Å². The van der Waals surface area contributed by atoms with Gasteiger partial charge in [-0.2, -0.15) is 5.10 Å². The van der Waals surface area contributed by atoms with Gasteiger partial charge >= 0.3 is 0 Å². The predicted octanol–water partition coefficient (Wildman–Crippen LogP) is 4.23. The van der Waals surface area contributed by atoms with E-state index < -0.39 is 0 Å². The number of furan rings is 1. The van der Waals surface area contributed by atoms with Crippen molar-refractivity contribution in [1.29, 1.82) is 0 Å². The minimum Gasteiger partial charge on any atom is -0.453 e. The van der Waals surface area contributed by atoms with Gasteiger partial charge in [0, 0.05) is 11.9 Å². The molecule has 4 nitrogen and oxygen atoms in total. The zero-order valence-corrected chi connectivity index (χ0v) is 12.6. The second kappa shape index (κ2) is 5.37. The quantitative estimate of drug-likeness (QED) is 0.678. The summed E-state index contributed by atoms with van der Waals surface area (Å²) in [6, 6.07) is 7.56. The lowest BCUT2D eigenvalue weighted by Gasteiger charge is -2.03. The number of aryl methyl sites for hydroxylation is 2. The lowest BCUT2D eigenvalue weighted by Crippen LogP contribution is -2.11. The van der Waals surface area contributed by atoms with Crippen LogP contribution in [-0.2, 0) is 6.54 Å². The third-order valence-electron chi connectivity index (χ3n) is 3.34. The van der Waals surface area contributed by atoms with E-state index in [4.69, 9.17) is 16.0 Å². The summed E-state index contributed by atoms with van der Waals surface area (Å²) in [6.07, 6.45) is 2.37. The van der Waals surface area contributed by atoms with Crippen LogP contribution < -0.4 is 0 Å². The van der Waals surface area contributed by atoms with E-state index in [9.17, 15) is 4.79 Å². The standard InChI is InChI=1S/C16H15ClN2O2/c1-3-6-19-15(12(17)9-18-19)16(20)14-8-11-7-10(2)4-5-13(11)21-14/h4-5,7-9H,3,6H2,1-2H3. The Hall–Kier alpha value is -2.07. The molecule has 0 spiro atoms. The first-order chi connectivity index (χ1) is 10.1. The molecule has 0 bridgehead atoms. The van der Waals surface area contributed by atoms with E-state index in [1.54, 1.807) is 10.7 Å². The van der Waals surface area contributed by atoms with Gasteiger partial charge in [0.25, 0.3) is 0 Å². The van der Waals surface area contributed by atoms with Crippen LogP contribution in [0.3, 0.4) is 0 Å². The van der Waals surface area contributed by atoms with E-state index in [-0.39, 0.29) is 11.5 Å². The molecule has 0 aliphatic carbocycles. The minimum atomic E-state index is -0.236. The van der Waals surface area contributed by atoms with Crippen LogP contribution in [0.15, 0.2) is 34.9 Å². The fourth-order valence-corrected chi connectivity index (χ4v) is 2.59. The molecule has 0 unspecified atom stereocenters. The summed E-state index contributed by atoms with van der Waals surface area (Å²) in [5, 5.41) is 5.41. The number of hydrogen-bond acceptors (Lipinski definition) is 3. The number of halogens is 1. The van der Waals surface area contributed by atoms with Crippen LogP contribution in [0.1, 0.15) is 35.2 Å². The van der Waals surface area contributed by atoms with Crippen LogP contribution in [0.2, 0.25) is 5.02 Å². The zero-order chi connectivity index (χ0) is 15.0. The van der Waals surface area contributed by atoms with Crippen molar-refractivity contribution in [3.8, 4) is 0 Å². The van der Waals surface area contributed by atoms with Crippen molar-refractivity contribution in [2.24, 2.45) is 0 Å². The van der Waals surface area contributed by atoms with Crippen LogP contribution in [0.4, 0.5) is 0 Å². The van der Waals surface area contributed by atoms with E-state index in [0.29, 0.717) is 22.8 Å². The van der Waals surface area contributed by atoms with Gasteiger partial charge in [0.2, 0.25) is 5.78 Å². The molecular weight excluding hydrogens is 288 g/mol. The smallest absolute Gasteiger partial charge is 0.247 e. The summed E-state index contributed by atoms with van der Waals surface area (Å²) in [4.78, 5) is 12.6. The van der Waals surface area contributed by atoms with Crippen molar-refractivity contribution in [2.75, 3.05) is 0 Å². The highest BCUT2D eigenvalue weighted by molar-refractivity contribution is 6.34. The van der Waals surface area contributed by atoms with Gasteiger partial charge < -0.3 is 4.42 Å². The first kappa shape index (κ1) is 13.9. The Morgan fingerprint density at radius 2 is 2.19 bits per heavy atom. The van der Waals surface area contributed by atoms with Crippen LogP contribution in [0.25, 0.3) is 11.0 Å². The van der Waals surface area contributed by atoms with Crippen LogP contribution in [0, 0.1) is 6.92 Å². The molecule has 0 radical (unpaired) electrons. The Balaban J connectivity index is 2.06. The van der Waals surface area contributed by atoms with Crippen molar-refractivity contribution in [1.82, 2.24) is 9.78 Å². The fraction of sp³-hybridized carbons (Fsp3) is 0.250. The van der Waals surface area contributed by atoms with Crippen molar-refractivity contribution in [2.45, 2.75) is 26.8 Å². The van der Waals surface area contributed by atoms with E-state index >= 15 is 0 Å². The highest BCUT2D eigenvalue weighted by Crippen LogP contribution is 2.25. The molecule has 0 fully saturated rings. The highest BCUT2D eigenvalue weighted by atomic mass is 35.5. The molecule has 1 aromatic carbocycles. The number of rotatable bonds is 4. The van der Waals surface area contributed by atoms with Gasteiger partial charge in [-0.3, -0.25) is 9.48 Å². The molecule has 0 amide bonds. The van der Waals surface area contributed by atoms with Gasteiger partial charge in [0.15, 0.2) is 5.76 Å². The van der Waals surface area contributed by atoms with Gasteiger partial charge in [0.1, 0.15) is 11.3 Å². The second-order valence-electron chi connectivity index (χ2n) is 5.05. The van der Waals surface area contributed by atoms with Gasteiger partial charge in [-0.15, -0.1) is 0 Å². The summed E-state index contributed by atoms with van der Waals surface area (Å²) in [6.45, 7) is 4.67. The SMILES string of the molecule is CCCn1ncc(Cl)c1C(=O)c1cc2cc(C)ccc2o1. The lowest BCUT2D eigenvalue weighted by molar-refractivity contribution is 0.100. The molecule has 2 aromatic heterocycles. The largest absolute Gasteiger partial charge is 0.453 e. The molecular formula is C16H15ClN2O2. The van der Waals surface area contributed by atoms with Gasteiger partial charge in [-0.25, -0.2) is 0 Å². The first-order valence-corrected chi connectivity index (χ1v) is 7.24. The summed E-state index contributed by atoms with van der Waals surface area (Å²) >= 11 is 6.10. The number of carbonyl (C=O) groups excluding carboxylic acids is 1. The fourth-order valence-electron chi connectivity index (χ4n) is 2.36. The van der Waals surface area contributed by atoms with Crippen LogP contribution in [0.5, 0.6) is 0 Å². The summed E-state index contributed by atoms with van der Waals surface area (Å²) < 4.78 is 7.28. The van der Waals surface area contributed by atoms with Gasteiger partial charge in [-0.05, 0) is 31.5 Å². The Morgan fingerprint density at radius 1 is 1.38 bits per heavy atom. The third kappa shape index (κ3) is 2.47. The second-order valence-corrected chi connectivity index (χ2v) is 5.45. The van der Waals surface area contributed by atoms with E-state index in [0.717, 1.165) is 17.4 Å². The average Bonchev–Trinajstić information content (AvgIpc) is 3.02. The first-order valence-electron chi connectivity index (χ1n) is 6.86. The third-order valence-corrected chi connectivity index (χ3v) is 3.62. The molecule has 5 heteroatoms. The predicted molar refractivity (Wildman–Crippen MR) is 81.9 cm³/mol. The number of ketones is 1. The summed E-state index contributed by atoms with van der Waals surface area (Å²) in [7, 11) is 0. The topological polar surface area (TPSA) is 48.0 Å². The van der Waals surface area contributed by atoms with E-state index in [2.05, 4.69) is 5.10 Å². The van der Waals surface area contributed by atoms with Gasteiger partial charge in [0.05, 0.1) is 11.2 Å². The molecule has 0 N–H and O–H groups in total. The molecule has 21 heavy (non-hydrogen) atoms. The molecule has 3 aromatic rings. The number of carbonyl (C=O) groups is 1. The maximum atomic E-state index is 12.6. The Kier molecular flexibility index (Phi) is 3.55. The van der Waals surface area contributed by atoms with Crippen molar-refractivity contribution in [3.63, 3.8) is 0 Å². The highest BCUT2D eigenvalue weighted by Gasteiger charge is 2.22. The molecule has 0 saturated heterocycles. The number of fused-ring (bicyclic) bond motifs is 1.